The second-order valence-electron chi connectivity index (χ2n) is 9.84. The predicted molar refractivity (Wildman–Crippen MR) is 160 cm³/mol. The molecule has 8 nitrogen and oxygen atoms in total. The molecule has 210 valence electrons. The van der Waals surface area contributed by atoms with Crippen molar-refractivity contribution in [3.05, 3.63) is 113 Å². The Kier molecular flexibility index (Phi) is 8.44. The average Bonchev–Trinajstić information content (AvgIpc) is 3.55. The third-order valence-electron chi connectivity index (χ3n) is 7.05. The highest BCUT2D eigenvalue weighted by Gasteiger charge is 2.33. The van der Waals surface area contributed by atoms with E-state index in [-0.39, 0.29) is 30.3 Å². The zero-order valence-electron chi connectivity index (χ0n) is 22.4. The molecule has 2 heterocycles. The summed E-state index contributed by atoms with van der Waals surface area (Å²) < 4.78 is 27.4. The van der Waals surface area contributed by atoms with Gasteiger partial charge in [0.05, 0.1) is 16.9 Å². The summed E-state index contributed by atoms with van der Waals surface area (Å²) in [6.07, 6.45) is 0.748. The number of hydrogen-bond donors (Lipinski definition) is 2. The van der Waals surface area contributed by atoms with E-state index in [1.165, 1.54) is 15.6 Å². The molecule has 10 heteroatoms. The third kappa shape index (κ3) is 6.30. The molecule has 1 saturated heterocycles. The lowest BCUT2D eigenvalue weighted by Gasteiger charge is -2.30. The van der Waals surface area contributed by atoms with Gasteiger partial charge < -0.3 is 10.6 Å². The number of para-hydroxylation sites is 1. The van der Waals surface area contributed by atoms with Gasteiger partial charge in [-0.25, -0.2) is 8.42 Å². The van der Waals surface area contributed by atoms with Crippen molar-refractivity contribution in [2.45, 2.75) is 24.0 Å². The molecule has 0 unspecified atom stereocenters. The molecule has 0 spiro atoms. The SMILES string of the molecule is Cc1ccc(NC(=O)c2ccccc2NC(=O)C2CCN(S(=O)(=O)c3cccs3)CC2)c(C(=O)c2ccccc2)c1. The van der Waals surface area contributed by atoms with Crippen LogP contribution in [-0.4, -0.2) is 43.4 Å². The number of nitrogens with zero attached hydrogens (tertiary/aromatic N) is 1. The summed E-state index contributed by atoms with van der Waals surface area (Å²) >= 11 is 1.17. The van der Waals surface area contributed by atoms with E-state index in [9.17, 15) is 22.8 Å². The van der Waals surface area contributed by atoms with Crippen molar-refractivity contribution >= 4 is 50.3 Å². The number of rotatable bonds is 8. The minimum Gasteiger partial charge on any atom is -0.325 e. The molecule has 0 aliphatic carbocycles. The van der Waals surface area contributed by atoms with Gasteiger partial charge in [-0.1, -0.05) is 60.2 Å². The van der Waals surface area contributed by atoms with Crippen molar-refractivity contribution in [1.82, 2.24) is 4.31 Å². The number of amides is 2. The van der Waals surface area contributed by atoms with Crippen LogP contribution in [-0.2, 0) is 14.8 Å². The van der Waals surface area contributed by atoms with E-state index in [0.717, 1.165) is 5.56 Å². The van der Waals surface area contributed by atoms with E-state index in [0.29, 0.717) is 39.6 Å². The Labute approximate surface area is 243 Å². The number of hydrogen-bond acceptors (Lipinski definition) is 6. The molecule has 5 rings (SSSR count). The van der Waals surface area contributed by atoms with Crippen molar-refractivity contribution in [1.29, 1.82) is 0 Å². The fourth-order valence-electron chi connectivity index (χ4n) is 4.81. The standard InChI is InChI=1S/C31H29N3O5S2/c1-21-13-14-27(25(20-21)29(35)22-8-3-2-4-9-22)33-31(37)24-10-5-6-11-26(24)32-30(36)23-15-17-34(18-16-23)41(38,39)28-12-7-19-40-28/h2-14,19-20,23H,15-18H2,1H3,(H,32,36)(H,33,37). The summed E-state index contributed by atoms with van der Waals surface area (Å²) in [5, 5.41) is 7.44. The van der Waals surface area contributed by atoms with Gasteiger partial charge in [-0.05, 0) is 55.5 Å². The van der Waals surface area contributed by atoms with Crippen LogP contribution in [0.3, 0.4) is 0 Å². The highest BCUT2D eigenvalue weighted by atomic mass is 32.2. The van der Waals surface area contributed by atoms with Gasteiger partial charge in [-0.3, -0.25) is 14.4 Å². The maximum Gasteiger partial charge on any atom is 0.257 e. The minimum absolute atomic E-state index is 0.210. The topological polar surface area (TPSA) is 113 Å². The van der Waals surface area contributed by atoms with Gasteiger partial charge in [-0.2, -0.15) is 4.31 Å². The number of benzene rings is 3. The Hall–Kier alpha value is -4.12. The fourth-order valence-corrected chi connectivity index (χ4v) is 7.42. The van der Waals surface area contributed by atoms with Gasteiger partial charge >= 0.3 is 0 Å². The second kappa shape index (κ2) is 12.2. The van der Waals surface area contributed by atoms with Crippen LogP contribution in [0.2, 0.25) is 0 Å². The second-order valence-corrected chi connectivity index (χ2v) is 13.0. The Morgan fingerprint density at radius 2 is 1.49 bits per heavy atom. The number of anilines is 2. The number of carbonyl (C=O) groups is 3. The van der Waals surface area contributed by atoms with Gasteiger partial charge in [-0.15, -0.1) is 11.3 Å². The lowest BCUT2D eigenvalue weighted by atomic mass is 9.97. The first-order chi connectivity index (χ1) is 19.7. The Morgan fingerprint density at radius 3 is 2.20 bits per heavy atom. The van der Waals surface area contributed by atoms with Crippen LogP contribution >= 0.6 is 11.3 Å². The first kappa shape index (κ1) is 28.4. The number of piperidine rings is 1. The number of ketones is 1. The van der Waals surface area contributed by atoms with Crippen LogP contribution in [0.4, 0.5) is 11.4 Å². The molecule has 0 bridgehead atoms. The van der Waals surface area contributed by atoms with Crippen molar-refractivity contribution in [2.75, 3.05) is 23.7 Å². The fraction of sp³-hybridized carbons (Fsp3) is 0.194. The maximum absolute atomic E-state index is 13.4. The van der Waals surface area contributed by atoms with Gasteiger partial charge in [0.25, 0.3) is 15.9 Å². The van der Waals surface area contributed by atoms with Crippen LogP contribution in [0.15, 0.2) is 94.5 Å². The molecule has 41 heavy (non-hydrogen) atoms. The summed E-state index contributed by atoms with van der Waals surface area (Å²) in [6.45, 7) is 2.36. The van der Waals surface area contributed by atoms with Crippen molar-refractivity contribution in [3.63, 3.8) is 0 Å². The molecule has 0 atom stereocenters. The molecule has 1 aliphatic rings. The first-order valence-corrected chi connectivity index (χ1v) is 15.5. The van der Waals surface area contributed by atoms with Crippen molar-refractivity contribution in [3.8, 4) is 0 Å². The van der Waals surface area contributed by atoms with Gasteiger partial charge in [0.1, 0.15) is 4.21 Å². The number of nitrogens with one attached hydrogen (secondary N) is 2. The molecular weight excluding hydrogens is 558 g/mol. The van der Waals surface area contributed by atoms with E-state index >= 15 is 0 Å². The number of thiophene rings is 1. The lowest BCUT2D eigenvalue weighted by molar-refractivity contribution is -0.120. The Morgan fingerprint density at radius 1 is 0.805 bits per heavy atom. The summed E-state index contributed by atoms with van der Waals surface area (Å²) in [5.74, 6) is -1.34. The Balaban J connectivity index is 1.28. The number of sulfonamides is 1. The summed E-state index contributed by atoms with van der Waals surface area (Å²) in [7, 11) is -3.56. The maximum atomic E-state index is 13.4. The van der Waals surface area contributed by atoms with E-state index in [1.54, 1.807) is 78.2 Å². The van der Waals surface area contributed by atoms with Gasteiger partial charge in [0, 0.05) is 30.1 Å². The monoisotopic (exact) mass is 587 g/mol. The third-order valence-corrected chi connectivity index (χ3v) is 10.3. The molecule has 1 aromatic heterocycles. The summed E-state index contributed by atoms with van der Waals surface area (Å²) in [4.78, 5) is 39.8. The van der Waals surface area contributed by atoms with E-state index in [1.807, 2.05) is 19.1 Å². The minimum atomic E-state index is -3.56. The predicted octanol–water partition coefficient (Wildman–Crippen LogP) is 5.58. The molecule has 2 N–H and O–H groups in total. The van der Waals surface area contributed by atoms with E-state index in [4.69, 9.17) is 0 Å². The molecule has 0 radical (unpaired) electrons. The van der Waals surface area contributed by atoms with Crippen LogP contribution in [0, 0.1) is 12.8 Å². The molecule has 1 fully saturated rings. The smallest absolute Gasteiger partial charge is 0.257 e. The zero-order chi connectivity index (χ0) is 29.0. The van der Waals surface area contributed by atoms with Crippen LogP contribution in [0.1, 0.15) is 44.7 Å². The molecule has 1 aliphatic heterocycles. The van der Waals surface area contributed by atoms with Crippen LogP contribution < -0.4 is 10.6 Å². The van der Waals surface area contributed by atoms with Gasteiger partial charge in [0.2, 0.25) is 5.91 Å². The normalized spacial score (nSPS) is 14.4. The largest absolute Gasteiger partial charge is 0.325 e. The van der Waals surface area contributed by atoms with E-state index in [2.05, 4.69) is 10.6 Å². The van der Waals surface area contributed by atoms with E-state index < -0.39 is 21.8 Å². The molecule has 0 saturated carbocycles. The Bertz CT molecular complexity index is 1680. The molecular formula is C31H29N3O5S2. The van der Waals surface area contributed by atoms with Crippen LogP contribution in [0.5, 0.6) is 0 Å². The molecule has 4 aromatic rings. The summed E-state index contributed by atoms with van der Waals surface area (Å²) in [6, 6.07) is 24.1. The first-order valence-electron chi connectivity index (χ1n) is 13.2. The molecule has 2 amide bonds. The number of carbonyl (C=O) groups excluding carboxylic acids is 3. The quantitative estimate of drug-likeness (QED) is 0.262. The van der Waals surface area contributed by atoms with Crippen LogP contribution in [0.25, 0.3) is 0 Å². The lowest BCUT2D eigenvalue weighted by Crippen LogP contribution is -2.41. The zero-order valence-corrected chi connectivity index (χ0v) is 24.0. The average molecular weight is 588 g/mol. The number of aryl methyl sites for hydroxylation is 1. The van der Waals surface area contributed by atoms with Gasteiger partial charge in [0.15, 0.2) is 5.78 Å². The summed E-state index contributed by atoms with van der Waals surface area (Å²) in [5.41, 5.74) is 2.72. The van der Waals surface area contributed by atoms with Crippen molar-refractivity contribution in [2.24, 2.45) is 5.92 Å². The highest BCUT2D eigenvalue weighted by molar-refractivity contribution is 7.91. The molecule has 3 aromatic carbocycles. The van der Waals surface area contributed by atoms with Crippen molar-refractivity contribution < 1.29 is 22.8 Å². The highest BCUT2D eigenvalue weighted by Crippen LogP contribution is 2.28.